The molecule has 1 N–H and O–H groups in total. The summed E-state index contributed by atoms with van der Waals surface area (Å²) in [4.78, 5) is 12.3. The summed E-state index contributed by atoms with van der Waals surface area (Å²) in [5.41, 5.74) is 0. The van der Waals surface area contributed by atoms with Crippen molar-refractivity contribution in [3.8, 4) is 11.5 Å². The normalized spacial score (nSPS) is 17.4. The first-order valence-electron chi connectivity index (χ1n) is 10.8. The first kappa shape index (κ1) is 21.6. The molecule has 0 spiro atoms. The number of carbonyl (C=O) groups excluding carboxylic acids is 1. The molecule has 27 heavy (non-hydrogen) atoms. The summed E-state index contributed by atoms with van der Waals surface area (Å²) in [6.45, 7) is 0.560. The van der Waals surface area contributed by atoms with E-state index in [1.165, 1.54) is 57.8 Å². The standard InChI is InChI=1S/C23H37NO3/c1-26-21-15-17-22(18-16-21)27-19-11-14-23(25)24-20-12-9-7-5-3-2-4-6-8-10-13-20/h15-18,20H,2-14,19H2,1H3,(H,24,25). The third-order valence-corrected chi connectivity index (χ3v) is 5.35. The highest BCUT2D eigenvalue weighted by molar-refractivity contribution is 5.76. The molecule has 0 atom stereocenters. The number of ether oxygens (including phenoxy) is 2. The largest absolute Gasteiger partial charge is 0.497 e. The number of nitrogens with one attached hydrogen (secondary N) is 1. The summed E-state index contributed by atoms with van der Waals surface area (Å²) < 4.78 is 10.8. The van der Waals surface area contributed by atoms with Crippen LogP contribution in [-0.4, -0.2) is 25.7 Å². The minimum Gasteiger partial charge on any atom is -0.497 e. The Bertz CT molecular complexity index is 503. The van der Waals surface area contributed by atoms with Crippen molar-refractivity contribution in [3.63, 3.8) is 0 Å². The number of amides is 1. The molecule has 4 nitrogen and oxygen atoms in total. The van der Waals surface area contributed by atoms with Crippen LogP contribution in [0.4, 0.5) is 0 Å². The van der Waals surface area contributed by atoms with Crippen LogP contribution in [-0.2, 0) is 4.79 Å². The fourth-order valence-electron chi connectivity index (χ4n) is 3.70. The van der Waals surface area contributed by atoms with Crippen molar-refractivity contribution in [1.82, 2.24) is 5.32 Å². The van der Waals surface area contributed by atoms with Gasteiger partial charge in [0.2, 0.25) is 5.91 Å². The molecule has 1 fully saturated rings. The van der Waals surface area contributed by atoms with Crippen molar-refractivity contribution in [2.24, 2.45) is 0 Å². The van der Waals surface area contributed by atoms with E-state index in [1.807, 2.05) is 24.3 Å². The van der Waals surface area contributed by atoms with Gasteiger partial charge >= 0.3 is 0 Å². The van der Waals surface area contributed by atoms with Crippen molar-refractivity contribution >= 4 is 5.91 Å². The summed E-state index contributed by atoms with van der Waals surface area (Å²) in [6, 6.07) is 7.91. The number of hydrogen-bond donors (Lipinski definition) is 1. The molecule has 0 bridgehead atoms. The Balaban J connectivity index is 1.63. The van der Waals surface area contributed by atoms with Gasteiger partial charge in [-0.25, -0.2) is 0 Å². The molecule has 1 aromatic rings. The highest BCUT2D eigenvalue weighted by Gasteiger charge is 2.12. The van der Waals surface area contributed by atoms with Crippen LogP contribution >= 0.6 is 0 Å². The minimum absolute atomic E-state index is 0.172. The molecule has 0 heterocycles. The maximum absolute atomic E-state index is 12.3. The topological polar surface area (TPSA) is 47.6 Å². The van der Waals surface area contributed by atoms with Gasteiger partial charge in [-0.3, -0.25) is 4.79 Å². The highest BCUT2D eigenvalue weighted by Crippen LogP contribution is 2.18. The molecule has 0 radical (unpaired) electrons. The second kappa shape index (κ2) is 13.5. The van der Waals surface area contributed by atoms with Gasteiger partial charge in [0.1, 0.15) is 11.5 Å². The molecule has 1 saturated carbocycles. The predicted molar refractivity (Wildman–Crippen MR) is 110 cm³/mol. The van der Waals surface area contributed by atoms with Crippen LogP contribution in [0.25, 0.3) is 0 Å². The van der Waals surface area contributed by atoms with E-state index in [0.29, 0.717) is 19.1 Å². The zero-order valence-corrected chi connectivity index (χ0v) is 17.0. The van der Waals surface area contributed by atoms with Gasteiger partial charge in [-0.1, -0.05) is 57.8 Å². The Kier molecular flexibility index (Phi) is 10.8. The van der Waals surface area contributed by atoms with Gasteiger partial charge in [0.05, 0.1) is 13.7 Å². The molecule has 1 aliphatic rings. The van der Waals surface area contributed by atoms with E-state index in [0.717, 1.165) is 30.8 Å². The van der Waals surface area contributed by atoms with Gasteiger partial charge in [0, 0.05) is 12.5 Å². The Morgan fingerprint density at radius 1 is 0.889 bits per heavy atom. The highest BCUT2D eigenvalue weighted by atomic mass is 16.5. The van der Waals surface area contributed by atoms with E-state index in [1.54, 1.807) is 7.11 Å². The van der Waals surface area contributed by atoms with Crippen molar-refractivity contribution in [1.29, 1.82) is 0 Å². The first-order chi connectivity index (χ1) is 13.3. The lowest BCUT2D eigenvalue weighted by atomic mass is 9.98. The molecule has 4 heteroatoms. The Labute approximate surface area is 165 Å². The molecule has 2 rings (SSSR count). The first-order valence-corrected chi connectivity index (χ1v) is 10.8. The quantitative estimate of drug-likeness (QED) is 0.627. The molecule has 0 aromatic heterocycles. The lowest BCUT2D eigenvalue weighted by Gasteiger charge is -2.19. The van der Waals surface area contributed by atoms with Gasteiger partial charge in [-0.05, 0) is 43.5 Å². The third kappa shape index (κ3) is 9.69. The predicted octanol–water partition coefficient (Wildman–Crippen LogP) is 5.64. The van der Waals surface area contributed by atoms with E-state index in [9.17, 15) is 4.79 Å². The van der Waals surface area contributed by atoms with Crippen molar-refractivity contribution in [3.05, 3.63) is 24.3 Å². The average Bonchev–Trinajstić information content (AvgIpc) is 2.68. The van der Waals surface area contributed by atoms with Crippen LogP contribution in [0.2, 0.25) is 0 Å². The van der Waals surface area contributed by atoms with E-state index in [4.69, 9.17) is 9.47 Å². The minimum atomic E-state index is 0.172. The summed E-state index contributed by atoms with van der Waals surface area (Å²) in [5, 5.41) is 3.27. The van der Waals surface area contributed by atoms with Crippen molar-refractivity contribution in [2.45, 2.75) is 89.5 Å². The van der Waals surface area contributed by atoms with Crippen LogP contribution in [0.15, 0.2) is 24.3 Å². The molecule has 1 aliphatic carbocycles. The number of hydrogen-bond acceptors (Lipinski definition) is 3. The third-order valence-electron chi connectivity index (χ3n) is 5.35. The number of carbonyl (C=O) groups is 1. The molecular weight excluding hydrogens is 338 g/mol. The Morgan fingerprint density at radius 3 is 1.96 bits per heavy atom. The van der Waals surface area contributed by atoms with Crippen LogP contribution in [0.5, 0.6) is 11.5 Å². The number of benzene rings is 1. The monoisotopic (exact) mass is 375 g/mol. The molecule has 0 saturated heterocycles. The second-order valence-electron chi connectivity index (χ2n) is 7.65. The van der Waals surface area contributed by atoms with Gasteiger partial charge < -0.3 is 14.8 Å². The lowest BCUT2D eigenvalue weighted by molar-refractivity contribution is -0.122. The zero-order valence-electron chi connectivity index (χ0n) is 17.0. The van der Waals surface area contributed by atoms with Gasteiger partial charge in [0.25, 0.3) is 0 Å². The lowest BCUT2D eigenvalue weighted by Crippen LogP contribution is -2.35. The van der Waals surface area contributed by atoms with Gasteiger partial charge in [-0.15, -0.1) is 0 Å². The van der Waals surface area contributed by atoms with Crippen LogP contribution < -0.4 is 14.8 Å². The molecule has 0 unspecified atom stereocenters. The summed E-state index contributed by atoms with van der Waals surface area (Å²) in [5.74, 6) is 1.81. The Morgan fingerprint density at radius 2 is 1.41 bits per heavy atom. The number of methoxy groups -OCH3 is 1. The van der Waals surface area contributed by atoms with E-state index < -0.39 is 0 Å². The maximum atomic E-state index is 12.3. The van der Waals surface area contributed by atoms with E-state index >= 15 is 0 Å². The fourth-order valence-corrected chi connectivity index (χ4v) is 3.70. The van der Waals surface area contributed by atoms with Crippen molar-refractivity contribution in [2.75, 3.05) is 13.7 Å². The summed E-state index contributed by atoms with van der Waals surface area (Å²) in [6.07, 6.45) is 15.5. The van der Waals surface area contributed by atoms with Crippen LogP contribution in [0, 0.1) is 0 Å². The average molecular weight is 376 g/mol. The van der Waals surface area contributed by atoms with Gasteiger partial charge in [0.15, 0.2) is 0 Å². The molecule has 1 amide bonds. The van der Waals surface area contributed by atoms with Crippen molar-refractivity contribution < 1.29 is 14.3 Å². The summed E-state index contributed by atoms with van der Waals surface area (Å²) in [7, 11) is 1.65. The molecular formula is C23H37NO3. The van der Waals surface area contributed by atoms with E-state index in [2.05, 4.69) is 5.32 Å². The fraction of sp³-hybridized carbons (Fsp3) is 0.696. The zero-order chi connectivity index (χ0) is 19.2. The van der Waals surface area contributed by atoms with Crippen LogP contribution in [0.3, 0.4) is 0 Å². The smallest absolute Gasteiger partial charge is 0.220 e. The SMILES string of the molecule is COc1ccc(OCCCC(=O)NC2CCCCCCCCCCC2)cc1. The molecule has 0 aliphatic heterocycles. The molecule has 152 valence electrons. The number of rotatable bonds is 7. The van der Waals surface area contributed by atoms with Crippen LogP contribution in [0.1, 0.15) is 83.5 Å². The maximum Gasteiger partial charge on any atom is 0.220 e. The molecule has 1 aromatic carbocycles. The van der Waals surface area contributed by atoms with Gasteiger partial charge in [-0.2, -0.15) is 0 Å². The Hall–Kier alpha value is -1.71. The van der Waals surface area contributed by atoms with E-state index in [-0.39, 0.29) is 5.91 Å². The second-order valence-corrected chi connectivity index (χ2v) is 7.65. The summed E-state index contributed by atoms with van der Waals surface area (Å²) >= 11 is 0.